The zero-order valence-electron chi connectivity index (χ0n) is 19.5. The molecule has 0 bridgehead atoms. The van der Waals surface area contributed by atoms with Crippen molar-refractivity contribution in [1.29, 1.82) is 0 Å². The van der Waals surface area contributed by atoms with E-state index in [-0.39, 0.29) is 24.3 Å². The number of rotatable bonds is 8. The molecule has 0 unspecified atom stereocenters. The molecule has 0 atom stereocenters. The van der Waals surface area contributed by atoms with E-state index in [0.717, 1.165) is 35.8 Å². The first-order valence-corrected chi connectivity index (χ1v) is 12.5. The fourth-order valence-corrected chi connectivity index (χ4v) is 4.67. The second-order valence-electron chi connectivity index (χ2n) is 7.84. The van der Waals surface area contributed by atoms with Crippen LogP contribution in [0.1, 0.15) is 40.1 Å². The average molecular weight is 469 g/mol. The van der Waals surface area contributed by atoms with Crippen molar-refractivity contribution in [3.8, 4) is 0 Å². The van der Waals surface area contributed by atoms with Crippen molar-refractivity contribution >= 4 is 40.9 Å². The molecule has 2 N–H and O–H groups in total. The Balaban J connectivity index is 1.57. The Labute approximate surface area is 199 Å². The highest BCUT2D eigenvalue weighted by Gasteiger charge is 2.21. The minimum Gasteiger partial charge on any atom is -0.376 e. The van der Waals surface area contributed by atoms with Crippen LogP contribution in [-0.4, -0.2) is 71.8 Å². The molecule has 1 saturated heterocycles. The van der Waals surface area contributed by atoms with Crippen molar-refractivity contribution < 1.29 is 14.4 Å². The summed E-state index contributed by atoms with van der Waals surface area (Å²) in [5.41, 5.74) is 3.50. The molecule has 0 aliphatic carbocycles. The van der Waals surface area contributed by atoms with Gasteiger partial charge in [0.25, 0.3) is 11.8 Å². The van der Waals surface area contributed by atoms with Crippen LogP contribution in [-0.2, 0) is 4.79 Å². The number of hydrogen-bond acceptors (Lipinski definition) is 5. The summed E-state index contributed by atoms with van der Waals surface area (Å²) in [4.78, 5) is 41.4. The Hall–Kier alpha value is -3.00. The Morgan fingerprint density at radius 2 is 1.67 bits per heavy atom. The van der Waals surface area contributed by atoms with E-state index in [1.165, 1.54) is 0 Å². The van der Waals surface area contributed by atoms with Crippen LogP contribution >= 0.6 is 11.8 Å². The summed E-state index contributed by atoms with van der Waals surface area (Å²) >= 11 is 1.87. The smallest absolute Gasteiger partial charge is 0.254 e. The third-order valence-electron chi connectivity index (χ3n) is 5.77. The van der Waals surface area contributed by atoms with Crippen molar-refractivity contribution in [2.75, 3.05) is 54.9 Å². The van der Waals surface area contributed by atoms with E-state index in [2.05, 4.69) is 10.6 Å². The van der Waals surface area contributed by atoms with Crippen molar-refractivity contribution in [2.45, 2.75) is 20.8 Å². The number of nitrogens with one attached hydrogen (secondary N) is 2. The normalized spacial score (nSPS) is 13.4. The molecule has 7 nitrogen and oxygen atoms in total. The van der Waals surface area contributed by atoms with E-state index in [4.69, 9.17) is 0 Å². The van der Waals surface area contributed by atoms with Crippen LogP contribution in [0.3, 0.4) is 0 Å². The van der Waals surface area contributed by atoms with Gasteiger partial charge in [0.15, 0.2) is 0 Å². The lowest BCUT2D eigenvalue weighted by atomic mass is 10.1. The maximum absolute atomic E-state index is 12.9. The Morgan fingerprint density at radius 1 is 1.00 bits per heavy atom. The molecule has 0 spiro atoms. The number of anilines is 2. The molecule has 1 aliphatic heterocycles. The van der Waals surface area contributed by atoms with Crippen molar-refractivity contribution in [1.82, 2.24) is 9.80 Å². The number of carbonyl (C=O) groups excluding carboxylic acids is 3. The predicted octanol–water partition coefficient (Wildman–Crippen LogP) is 3.72. The highest BCUT2D eigenvalue weighted by Crippen LogP contribution is 2.22. The van der Waals surface area contributed by atoms with Gasteiger partial charge in [0.1, 0.15) is 0 Å². The molecule has 8 heteroatoms. The minimum absolute atomic E-state index is 0.0206. The van der Waals surface area contributed by atoms with Gasteiger partial charge in [-0.15, -0.1) is 0 Å². The molecule has 3 rings (SSSR count). The molecule has 33 heavy (non-hydrogen) atoms. The van der Waals surface area contributed by atoms with Crippen LogP contribution in [0.25, 0.3) is 0 Å². The first-order valence-electron chi connectivity index (χ1n) is 11.3. The van der Waals surface area contributed by atoms with Crippen molar-refractivity contribution in [3.05, 3.63) is 59.2 Å². The number of thioether (sulfide) groups is 1. The molecule has 0 radical (unpaired) electrons. The summed E-state index contributed by atoms with van der Waals surface area (Å²) in [6.45, 7) is 8.71. The number of benzene rings is 2. The number of amides is 3. The molecular weight excluding hydrogens is 436 g/mol. The van der Waals surface area contributed by atoms with E-state index in [0.29, 0.717) is 29.9 Å². The minimum atomic E-state index is -0.206. The van der Waals surface area contributed by atoms with Gasteiger partial charge in [-0.3, -0.25) is 14.4 Å². The molecule has 3 amide bonds. The quantitative estimate of drug-likeness (QED) is 0.617. The molecule has 1 aliphatic rings. The van der Waals surface area contributed by atoms with Crippen LogP contribution < -0.4 is 10.6 Å². The van der Waals surface area contributed by atoms with E-state index in [1.807, 2.05) is 55.6 Å². The van der Waals surface area contributed by atoms with E-state index < -0.39 is 0 Å². The fourth-order valence-electron chi connectivity index (χ4n) is 3.77. The third-order valence-corrected chi connectivity index (χ3v) is 6.71. The van der Waals surface area contributed by atoms with Crippen LogP contribution in [0.5, 0.6) is 0 Å². The van der Waals surface area contributed by atoms with Crippen LogP contribution in [0, 0.1) is 6.92 Å². The molecule has 2 aromatic carbocycles. The summed E-state index contributed by atoms with van der Waals surface area (Å²) in [6, 6.07) is 12.5. The SMILES string of the molecule is CCN(CC)C(=O)c1ccc(NC(=O)CNc2cccc(C(=O)N3CCSCC3)c2C)cc1. The van der Waals surface area contributed by atoms with Gasteiger partial charge in [0.2, 0.25) is 5.91 Å². The average Bonchev–Trinajstić information content (AvgIpc) is 2.84. The zero-order chi connectivity index (χ0) is 23.8. The molecule has 0 saturated carbocycles. The van der Waals surface area contributed by atoms with Gasteiger partial charge in [0.05, 0.1) is 6.54 Å². The van der Waals surface area contributed by atoms with Crippen LogP contribution in [0.15, 0.2) is 42.5 Å². The molecule has 0 aromatic heterocycles. The summed E-state index contributed by atoms with van der Waals surface area (Å²) in [5, 5.41) is 5.98. The highest BCUT2D eigenvalue weighted by molar-refractivity contribution is 7.99. The van der Waals surface area contributed by atoms with Gasteiger partial charge in [0, 0.05) is 60.2 Å². The topological polar surface area (TPSA) is 81.8 Å². The highest BCUT2D eigenvalue weighted by atomic mass is 32.2. The van der Waals surface area contributed by atoms with E-state index in [1.54, 1.807) is 29.2 Å². The zero-order valence-corrected chi connectivity index (χ0v) is 20.3. The summed E-state index contributed by atoms with van der Waals surface area (Å²) < 4.78 is 0. The van der Waals surface area contributed by atoms with Crippen LogP contribution in [0.4, 0.5) is 11.4 Å². The lowest BCUT2D eigenvalue weighted by molar-refractivity contribution is -0.114. The Bertz CT molecular complexity index is 984. The molecule has 1 heterocycles. The summed E-state index contributed by atoms with van der Waals surface area (Å²) in [6.07, 6.45) is 0. The van der Waals surface area contributed by atoms with Crippen LogP contribution in [0.2, 0.25) is 0 Å². The molecule has 2 aromatic rings. The number of nitrogens with zero attached hydrogens (tertiary/aromatic N) is 2. The second-order valence-corrected chi connectivity index (χ2v) is 9.06. The fraction of sp³-hybridized carbons (Fsp3) is 0.400. The van der Waals surface area contributed by atoms with E-state index >= 15 is 0 Å². The van der Waals surface area contributed by atoms with E-state index in [9.17, 15) is 14.4 Å². The first-order chi connectivity index (χ1) is 15.9. The van der Waals surface area contributed by atoms with Gasteiger partial charge >= 0.3 is 0 Å². The monoisotopic (exact) mass is 468 g/mol. The van der Waals surface area contributed by atoms with Gasteiger partial charge in [-0.1, -0.05) is 6.07 Å². The van der Waals surface area contributed by atoms with Gasteiger partial charge in [-0.25, -0.2) is 0 Å². The maximum atomic E-state index is 12.9. The predicted molar refractivity (Wildman–Crippen MR) is 135 cm³/mol. The third kappa shape index (κ3) is 6.28. The molecular formula is C25H32N4O3S. The standard InChI is InChI=1S/C25H32N4O3S/c1-4-28(5-2)24(31)19-9-11-20(12-10-19)27-23(30)17-26-22-8-6-7-21(18(22)3)25(32)29-13-15-33-16-14-29/h6-12,26H,4-5,13-17H2,1-3H3,(H,27,30). The lowest BCUT2D eigenvalue weighted by Gasteiger charge is -2.27. The first kappa shape index (κ1) is 24.6. The number of hydrogen-bond donors (Lipinski definition) is 2. The Morgan fingerprint density at radius 3 is 2.30 bits per heavy atom. The lowest BCUT2D eigenvalue weighted by Crippen LogP contribution is -2.38. The van der Waals surface area contributed by atoms with Gasteiger partial charge in [-0.2, -0.15) is 11.8 Å². The van der Waals surface area contributed by atoms with Crippen molar-refractivity contribution in [3.63, 3.8) is 0 Å². The summed E-state index contributed by atoms with van der Waals surface area (Å²) in [5.74, 6) is 1.75. The van der Waals surface area contributed by atoms with Gasteiger partial charge in [-0.05, 0) is 62.7 Å². The van der Waals surface area contributed by atoms with Gasteiger partial charge < -0.3 is 20.4 Å². The Kier molecular flexibility index (Phi) is 8.77. The largest absolute Gasteiger partial charge is 0.376 e. The number of carbonyl (C=O) groups is 3. The second kappa shape index (κ2) is 11.7. The molecule has 176 valence electrons. The van der Waals surface area contributed by atoms with Crippen molar-refractivity contribution in [2.24, 2.45) is 0 Å². The molecule has 1 fully saturated rings. The maximum Gasteiger partial charge on any atom is 0.254 e. The summed E-state index contributed by atoms with van der Waals surface area (Å²) in [7, 11) is 0.